The molecule has 0 aromatic heterocycles. The molecule has 0 aliphatic rings. The maximum absolute atomic E-state index is 6.01. The van der Waals surface area contributed by atoms with Crippen LogP contribution in [0, 0.1) is 0 Å². The van der Waals surface area contributed by atoms with Crippen LogP contribution in [0.15, 0.2) is 0 Å². The monoisotopic (exact) mass is 242 g/mol. The Bertz CT molecular complexity index is 128. The van der Waals surface area contributed by atoms with Gasteiger partial charge in [0.15, 0.2) is 0 Å². The minimum atomic E-state index is 0.452. The fourth-order valence-electron chi connectivity index (χ4n) is 2.25. The number of hydrogen-bond donors (Lipinski definition) is 0. The van der Waals surface area contributed by atoms with Crippen LogP contribution in [-0.4, -0.2) is 12.2 Å². The van der Waals surface area contributed by atoms with Gasteiger partial charge in [-0.05, 0) is 26.7 Å². The Balaban J connectivity index is 3.35. The van der Waals surface area contributed by atoms with E-state index < -0.39 is 0 Å². The first-order valence-corrected chi connectivity index (χ1v) is 7.86. The van der Waals surface area contributed by atoms with Gasteiger partial charge >= 0.3 is 0 Å². The molecule has 0 N–H and O–H groups in total. The molecule has 0 saturated heterocycles. The Morgan fingerprint density at radius 3 is 1.41 bits per heavy atom. The molecule has 0 amide bonds. The predicted molar refractivity (Wildman–Crippen MR) is 77.5 cm³/mol. The van der Waals surface area contributed by atoms with Crippen LogP contribution in [0.2, 0.25) is 0 Å². The van der Waals surface area contributed by atoms with Gasteiger partial charge in [-0.1, -0.05) is 65.2 Å². The van der Waals surface area contributed by atoms with Crippen LogP contribution in [0.25, 0.3) is 0 Å². The molecule has 0 aliphatic heterocycles. The molecule has 2 atom stereocenters. The van der Waals surface area contributed by atoms with E-state index in [-0.39, 0.29) is 0 Å². The second-order valence-corrected chi connectivity index (χ2v) is 5.46. The van der Waals surface area contributed by atoms with Gasteiger partial charge in [0.05, 0.1) is 12.2 Å². The van der Waals surface area contributed by atoms with E-state index >= 15 is 0 Å². The average Bonchev–Trinajstić information content (AvgIpc) is 2.30. The molecule has 1 heteroatoms. The fraction of sp³-hybridized carbons (Fsp3) is 1.00. The normalized spacial score (nSPS) is 14.8. The van der Waals surface area contributed by atoms with Gasteiger partial charge in [0.25, 0.3) is 0 Å². The Hall–Kier alpha value is -0.0400. The lowest BCUT2D eigenvalue weighted by atomic mass is 10.1. The van der Waals surface area contributed by atoms with Gasteiger partial charge in [-0.2, -0.15) is 0 Å². The molecule has 0 saturated carbocycles. The van der Waals surface area contributed by atoms with Crippen molar-refractivity contribution in [3.8, 4) is 0 Å². The highest BCUT2D eigenvalue weighted by atomic mass is 16.5. The van der Waals surface area contributed by atoms with Crippen molar-refractivity contribution < 1.29 is 4.74 Å². The van der Waals surface area contributed by atoms with Crippen LogP contribution < -0.4 is 0 Å². The molecule has 0 aromatic rings. The lowest BCUT2D eigenvalue weighted by Gasteiger charge is -2.19. The zero-order valence-corrected chi connectivity index (χ0v) is 12.6. The van der Waals surface area contributed by atoms with Crippen molar-refractivity contribution in [1.29, 1.82) is 0 Å². The highest BCUT2D eigenvalue weighted by molar-refractivity contribution is 4.57. The predicted octanol–water partition coefficient (Wildman–Crippen LogP) is 5.72. The first-order chi connectivity index (χ1) is 8.20. The highest BCUT2D eigenvalue weighted by Crippen LogP contribution is 2.13. The lowest BCUT2D eigenvalue weighted by Crippen LogP contribution is -2.17. The van der Waals surface area contributed by atoms with Gasteiger partial charge in [-0.25, -0.2) is 0 Å². The van der Waals surface area contributed by atoms with Gasteiger partial charge in [0, 0.05) is 0 Å². The molecule has 0 fully saturated rings. The van der Waals surface area contributed by atoms with Crippen LogP contribution in [0.3, 0.4) is 0 Å². The standard InChI is InChI=1S/C16H34O/c1-5-7-9-11-13-15(3)17-16(4)14-12-10-8-6-2/h15-16H,5-14H2,1-4H3/t15-,16-/m1/s1. The largest absolute Gasteiger partial charge is 0.376 e. The Morgan fingerprint density at radius 2 is 1.06 bits per heavy atom. The topological polar surface area (TPSA) is 9.23 Å². The molecule has 0 bridgehead atoms. The summed E-state index contributed by atoms with van der Waals surface area (Å²) in [6.45, 7) is 8.99. The highest BCUT2D eigenvalue weighted by Gasteiger charge is 2.08. The summed E-state index contributed by atoms with van der Waals surface area (Å²) in [4.78, 5) is 0. The van der Waals surface area contributed by atoms with E-state index in [0.29, 0.717) is 12.2 Å². The van der Waals surface area contributed by atoms with E-state index in [1.54, 1.807) is 0 Å². The molecule has 0 rings (SSSR count). The Kier molecular flexibility index (Phi) is 12.4. The summed E-state index contributed by atoms with van der Waals surface area (Å²) in [5.74, 6) is 0. The smallest absolute Gasteiger partial charge is 0.0550 e. The van der Waals surface area contributed by atoms with Gasteiger partial charge in [0.2, 0.25) is 0 Å². The van der Waals surface area contributed by atoms with Crippen molar-refractivity contribution in [1.82, 2.24) is 0 Å². The first-order valence-electron chi connectivity index (χ1n) is 7.86. The van der Waals surface area contributed by atoms with Crippen molar-refractivity contribution in [2.24, 2.45) is 0 Å². The van der Waals surface area contributed by atoms with E-state index in [9.17, 15) is 0 Å². The molecule has 0 heterocycles. The minimum Gasteiger partial charge on any atom is -0.376 e. The molecule has 104 valence electrons. The van der Waals surface area contributed by atoms with Crippen molar-refractivity contribution in [3.05, 3.63) is 0 Å². The number of hydrogen-bond acceptors (Lipinski definition) is 1. The Labute approximate surface area is 109 Å². The maximum Gasteiger partial charge on any atom is 0.0550 e. The zero-order valence-electron chi connectivity index (χ0n) is 12.6. The summed E-state index contributed by atoms with van der Waals surface area (Å²) >= 11 is 0. The third kappa shape index (κ3) is 12.2. The number of ether oxygens (including phenoxy) is 1. The second kappa shape index (κ2) is 12.4. The van der Waals surface area contributed by atoms with Gasteiger partial charge in [0.1, 0.15) is 0 Å². The maximum atomic E-state index is 6.01. The van der Waals surface area contributed by atoms with Crippen molar-refractivity contribution in [3.63, 3.8) is 0 Å². The minimum absolute atomic E-state index is 0.452. The van der Waals surface area contributed by atoms with Crippen molar-refractivity contribution in [2.75, 3.05) is 0 Å². The average molecular weight is 242 g/mol. The molecule has 1 nitrogen and oxygen atoms in total. The van der Waals surface area contributed by atoms with Crippen molar-refractivity contribution in [2.45, 2.75) is 104 Å². The number of unbranched alkanes of at least 4 members (excludes halogenated alkanes) is 6. The van der Waals surface area contributed by atoms with Gasteiger partial charge in [-0.15, -0.1) is 0 Å². The summed E-state index contributed by atoms with van der Waals surface area (Å²) < 4.78 is 6.01. The van der Waals surface area contributed by atoms with Gasteiger partial charge < -0.3 is 4.74 Å². The molecule has 0 aliphatic carbocycles. The van der Waals surface area contributed by atoms with Crippen LogP contribution in [-0.2, 0) is 4.74 Å². The van der Waals surface area contributed by atoms with Gasteiger partial charge in [-0.3, -0.25) is 0 Å². The molecule has 17 heavy (non-hydrogen) atoms. The molecule has 0 radical (unpaired) electrons. The van der Waals surface area contributed by atoms with Crippen LogP contribution >= 0.6 is 0 Å². The SMILES string of the molecule is CCCCCC[C@@H](C)O[C@H](C)CCCCCC. The van der Waals surface area contributed by atoms with Crippen LogP contribution in [0.1, 0.15) is 91.9 Å². The third-order valence-electron chi connectivity index (χ3n) is 3.39. The summed E-state index contributed by atoms with van der Waals surface area (Å²) in [5, 5.41) is 0. The third-order valence-corrected chi connectivity index (χ3v) is 3.39. The fourth-order valence-corrected chi connectivity index (χ4v) is 2.25. The molecule has 0 aromatic carbocycles. The molecule has 0 unspecified atom stereocenters. The zero-order chi connectivity index (χ0) is 12.9. The van der Waals surface area contributed by atoms with E-state index in [1.807, 2.05) is 0 Å². The van der Waals surface area contributed by atoms with Crippen LogP contribution in [0.5, 0.6) is 0 Å². The van der Waals surface area contributed by atoms with Crippen molar-refractivity contribution >= 4 is 0 Å². The summed E-state index contributed by atoms with van der Waals surface area (Å²) in [6, 6.07) is 0. The number of rotatable bonds is 12. The van der Waals surface area contributed by atoms with E-state index in [4.69, 9.17) is 4.74 Å². The van der Waals surface area contributed by atoms with E-state index in [1.165, 1.54) is 64.2 Å². The first kappa shape index (κ1) is 17.0. The summed E-state index contributed by atoms with van der Waals surface area (Å²) in [6.07, 6.45) is 14.2. The lowest BCUT2D eigenvalue weighted by molar-refractivity contribution is -0.00229. The van der Waals surface area contributed by atoms with Crippen LogP contribution in [0.4, 0.5) is 0 Å². The second-order valence-electron chi connectivity index (χ2n) is 5.46. The summed E-state index contributed by atoms with van der Waals surface area (Å²) in [5.41, 5.74) is 0. The molecular formula is C16H34O. The van der Waals surface area contributed by atoms with E-state index in [0.717, 1.165) is 0 Å². The van der Waals surface area contributed by atoms with E-state index in [2.05, 4.69) is 27.7 Å². The molecular weight excluding hydrogens is 208 g/mol. The Morgan fingerprint density at radius 1 is 0.647 bits per heavy atom. The quantitative estimate of drug-likeness (QED) is 0.398. The summed E-state index contributed by atoms with van der Waals surface area (Å²) in [7, 11) is 0. The molecule has 0 spiro atoms.